The third kappa shape index (κ3) is 4.19. The van der Waals surface area contributed by atoms with Crippen LogP contribution in [-0.2, 0) is 6.42 Å². The van der Waals surface area contributed by atoms with Gasteiger partial charge in [-0.3, -0.25) is 4.98 Å². The number of ether oxygens (including phenoxy) is 1. The lowest BCUT2D eigenvalue weighted by molar-refractivity contribution is 0.0697. The van der Waals surface area contributed by atoms with E-state index in [2.05, 4.69) is 18.0 Å². The van der Waals surface area contributed by atoms with Crippen LogP contribution in [0.3, 0.4) is 0 Å². The summed E-state index contributed by atoms with van der Waals surface area (Å²) in [6.07, 6.45) is 4.85. The Morgan fingerprint density at radius 1 is 1.11 bits per heavy atom. The predicted octanol–water partition coefficient (Wildman–Crippen LogP) is 5.60. The molecule has 144 valence electrons. The van der Waals surface area contributed by atoms with Gasteiger partial charge in [0.2, 0.25) is 0 Å². The topological polar surface area (TPSA) is 59.4 Å². The normalized spacial score (nSPS) is 10.7. The van der Waals surface area contributed by atoms with Gasteiger partial charge in [-0.1, -0.05) is 25.5 Å². The van der Waals surface area contributed by atoms with E-state index in [4.69, 9.17) is 9.84 Å². The number of hydrogen-bond donors (Lipinski definition) is 1. The van der Waals surface area contributed by atoms with E-state index in [1.165, 1.54) is 13.2 Å². The molecule has 1 heterocycles. The first-order chi connectivity index (χ1) is 13.5. The van der Waals surface area contributed by atoms with Crippen LogP contribution in [0.5, 0.6) is 5.75 Å². The van der Waals surface area contributed by atoms with Gasteiger partial charge in [0, 0.05) is 17.3 Å². The predicted molar refractivity (Wildman–Crippen MR) is 107 cm³/mol. The van der Waals surface area contributed by atoms with Crippen molar-refractivity contribution in [3.8, 4) is 28.1 Å². The van der Waals surface area contributed by atoms with Crippen LogP contribution in [0.25, 0.3) is 22.4 Å². The standard InChI is InChI=1S/C23H22FNO3/c1-3-4-5-15-12-19(16-6-8-17(9-7-16)23(26)27)22(25-14-15)18-10-11-21(28-2)20(24)13-18/h6-14H,3-5H2,1-2H3,(H,26,27). The molecule has 0 spiro atoms. The lowest BCUT2D eigenvalue weighted by Crippen LogP contribution is -1.97. The zero-order chi connectivity index (χ0) is 20.1. The molecular formula is C23H22FNO3. The molecule has 2 aromatic carbocycles. The van der Waals surface area contributed by atoms with Crippen LogP contribution in [0.15, 0.2) is 54.7 Å². The smallest absolute Gasteiger partial charge is 0.335 e. The number of aryl methyl sites for hydroxylation is 1. The molecule has 0 saturated carbocycles. The molecule has 0 atom stereocenters. The third-order valence-corrected chi connectivity index (χ3v) is 4.63. The highest BCUT2D eigenvalue weighted by Gasteiger charge is 2.14. The molecule has 0 aliphatic heterocycles. The minimum absolute atomic E-state index is 0.177. The summed E-state index contributed by atoms with van der Waals surface area (Å²) in [5, 5.41) is 9.13. The quantitative estimate of drug-likeness (QED) is 0.580. The van der Waals surface area contributed by atoms with Gasteiger partial charge in [-0.15, -0.1) is 0 Å². The van der Waals surface area contributed by atoms with Crippen molar-refractivity contribution in [2.45, 2.75) is 26.2 Å². The Morgan fingerprint density at radius 2 is 1.82 bits per heavy atom. The SMILES string of the molecule is CCCCc1cnc(-c2ccc(OC)c(F)c2)c(-c2ccc(C(=O)O)cc2)c1. The van der Waals surface area contributed by atoms with Gasteiger partial charge in [-0.25, -0.2) is 9.18 Å². The zero-order valence-electron chi connectivity index (χ0n) is 15.9. The van der Waals surface area contributed by atoms with Crippen LogP contribution >= 0.6 is 0 Å². The third-order valence-electron chi connectivity index (χ3n) is 4.63. The Morgan fingerprint density at radius 3 is 2.43 bits per heavy atom. The summed E-state index contributed by atoms with van der Waals surface area (Å²) in [6, 6.07) is 13.4. The minimum Gasteiger partial charge on any atom is -0.494 e. The van der Waals surface area contributed by atoms with Crippen molar-refractivity contribution in [1.29, 1.82) is 0 Å². The lowest BCUT2D eigenvalue weighted by Gasteiger charge is -2.13. The van der Waals surface area contributed by atoms with Crippen LogP contribution in [0, 0.1) is 5.82 Å². The molecule has 0 aliphatic rings. The van der Waals surface area contributed by atoms with Crippen LogP contribution in [0.1, 0.15) is 35.7 Å². The van der Waals surface area contributed by atoms with E-state index in [0.717, 1.165) is 36.0 Å². The molecule has 0 fully saturated rings. The molecule has 0 radical (unpaired) electrons. The first-order valence-corrected chi connectivity index (χ1v) is 9.20. The molecule has 3 rings (SSSR count). The molecule has 1 N–H and O–H groups in total. The number of aromatic carboxylic acids is 1. The molecule has 0 amide bonds. The van der Waals surface area contributed by atoms with Crippen molar-refractivity contribution in [3.63, 3.8) is 0 Å². The van der Waals surface area contributed by atoms with Gasteiger partial charge in [0.25, 0.3) is 0 Å². The maximum absolute atomic E-state index is 14.2. The van der Waals surface area contributed by atoms with Gasteiger partial charge in [-0.05, 0) is 60.4 Å². The Labute approximate surface area is 163 Å². The van der Waals surface area contributed by atoms with Crippen molar-refractivity contribution in [3.05, 3.63) is 71.7 Å². The molecule has 28 heavy (non-hydrogen) atoms. The number of unbranched alkanes of at least 4 members (excludes halogenated alkanes) is 1. The Bertz CT molecular complexity index is 984. The van der Waals surface area contributed by atoms with Crippen molar-refractivity contribution in [2.75, 3.05) is 7.11 Å². The van der Waals surface area contributed by atoms with E-state index in [1.54, 1.807) is 36.4 Å². The van der Waals surface area contributed by atoms with Crippen molar-refractivity contribution in [1.82, 2.24) is 4.98 Å². The molecule has 4 nitrogen and oxygen atoms in total. The minimum atomic E-state index is -0.973. The second kappa shape index (κ2) is 8.65. The Kier molecular flexibility index (Phi) is 6.04. The summed E-state index contributed by atoms with van der Waals surface area (Å²) < 4.78 is 19.2. The summed E-state index contributed by atoms with van der Waals surface area (Å²) in [5.74, 6) is -1.25. The van der Waals surface area contributed by atoms with Crippen molar-refractivity contribution >= 4 is 5.97 Å². The number of carboxylic acid groups (broad SMARTS) is 1. The molecule has 0 aliphatic carbocycles. The number of hydrogen-bond acceptors (Lipinski definition) is 3. The van der Waals surface area contributed by atoms with Gasteiger partial charge in [-0.2, -0.15) is 0 Å². The first kappa shape index (κ1) is 19.5. The molecular weight excluding hydrogens is 357 g/mol. The number of halogens is 1. The van der Waals surface area contributed by atoms with Crippen LogP contribution in [-0.4, -0.2) is 23.2 Å². The summed E-state index contributed by atoms with van der Waals surface area (Å²) in [7, 11) is 1.42. The molecule has 0 saturated heterocycles. The van der Waals surface area contributed by atoms with Gasteiger partial charge in [0.05, 0.1) is 18.4 Å². The molecule has 0 bridgehead atoms. The fourth-order valence-electron chi connectivity index (χ4n) is 3.08. The average molecular weight is 379 g/mol. The zero-order valence-corrected chi connectivity index (χ0v) is 15.9. The number of methoxy groups -OCH3 is 1. The number of carbonyl (C=O) groups is 1. The number of rotatable bonds is 7. The highest BCUT2D eigenvalue weighted by atomic mass is 19.1. The second-order valence-corrected chi connectivity index (χ2v) is 6.58. The van der Waals surface area contributed by atoms with E-state index >= 15 is 0 Å². The number of pyridine rings is 1. The van der Waals surface area contributed by atoms with Crippen molar-refractivity contribution in [2.24, 2.45) is 0 Å². The summed E-state index contributed by atoms with van der Waals surface area (Å²) in [5.41, 5.74) is 4.27. The fraction of sp³-hybridized carbons (Fsp3) is 0.217. The van der Waals surface area contributed by atoms with Gasteiger partial charge in [0.1, 0.15) is 0 Å². The average Bonchev–Trinajstić information content (AvgIpc) is 2.72. The van der Waals surface area contributed by atoms with Gasteiger partial charge in [0.15, 0.2) is 11.6 Å². The summed E-state index contributed by atoms with van der Waals surface area (Å²) in [6.45, 7) is 2.13. The summed E-state index contributed by atoms with van der Waals surface area (Å²) >= 11 is 0. The molecule has 1 aromatic heterocycles. The maximum atomic E-state index is 14.2. The number of carboxylic acids is 1. The molecule has 3 aromatic rings. The van der Waals surface area contributed by atoms with Crippen molar-refractivity contribution < 1.29 is 19.0 Å². The van der Waals surface area contributed by atoms with Crippen LogP contribution in [0.2, 0.25) is 0 Å². The van der Waals surface area contributed by atoms with E-state index < -0.39 is 11.8 Å². The van der Waals surface area contributed by atoms with Gasteiger partial charge < -0.3 is 9.84 Å². The van der Waals surface area contributed by atoms with E-state index in [0.29, 0.717) is 11.3 Å². The van der Waals surface area contributed by atoms with E-state index in [-0.39, 0.29) is 11.3 Å². The molecule has 0 unspecified atom stereocenters. The summed E-state index contributed by atoms with van der Waals surface area (Å²) in [4.78, 5) is 15.8. The fourth-order valence-corrected chi connectivity index (χ4v) is 3.08. The largest absolute Gasteiger partial charge is 0.494 e. The number of benzene rings is 2. The molecule has 5 heteroatoms. The maximum Gasteiger partial charge on any atom is 0.335 e. The number of nitrogens with zero attached hydrogens (tertiary/aromatic N) is 1. The Balaban J connectivity index is 2.11. The highest BCUT2D eigenvalue weighted by Crippen LogP contribution is 2.33. The first-order valence-electron chi connectivity index (χ1n) is 9.20. The van der Waals surface area contributed by atoms with Crippen LogP contribution < -0.4 is 4.74 Å². The second-order valence-electron chi connectivity index (χ2n) is 6.58. The lowest BCUT2D eigenvalue weighted by atomic mass is 9.96. The highest BCUT2D eigenvalue weighted by molar-refractivity contribution is 5.89. The van der Waals surface area contributed by atoms with Crippen LogP contribution in [0.4, 0.5) is 4.39 Å². The monoisotopic (exact) mass is 379 g/mol. The Hall–Kier alpha value is -3.21. The van der Waals surface area contributed by atoms with E-state index in [9.17, 15) is 9.18 Å². The number of aromatic nitrogens is 1. The van der Waals surface area contributed by atoms with E-state index in [1.807, 2.05) is 6.20 Å². The van der Waals surface area contributed by atoms with Gasteiger partial charge >= 0.3 is 5.97 Å².